The van der Waals surface area contributed by atoms with Crippen molar-refractivity contribution in [2.24, 2.45) is 5.92 Å². The Balaban J connectivity index is 2.13. The topological polar surface area (TPSA) is 78.5 Å². The van der Waals surface area contributed by atoms with Crippen LogP contribution in [0, 0.1) is 5.92 Å². The molecule has 1 heterocycles. The first-order valence-corrected chi connectivity index (χ1v) is 8.08. The molecule has 1 aromatic rings. The van der Waals surface area contributed by atoms with Crippen LogP contribution in [0.4, 0.5) is 13.2 Å². The summed E-state index contributed by atoms with van der Waals surface area (Å²) in [5.74, 6) is -3.58. The molecule has 0 saturated heterocycles. The van der Waals surface area contributed by atoms with Gasteiger partial charge >= 0.3 is 6.18 Å². The van der Waals surface area contributed by atoms with Crippen molar-refractivity contribution in [2.75, 3.05) is 20.1 Å². The van der Waals surface area contributed by atoms with Crippen LogP contribution in [0.1, 0.15) is 24.1 Å². The van der Waals surface area contributed by atoms with Gasteiger partial charge in [-0.2, -0.15) is 13.2 Å². The second kappa shape index (κ2) is 7.76. The quantitative estimate of drug-likeness (QED) is 0.780. The lowest BCUT2D eigenvalue weighted by Gasteiger charge is -2.23. The molecule has 2 rings (SSSR count). The number of hydrogen-bond donors (Lipinski definition) is 2. The number of rotatable bonds is 4. The molecule has 26 heavy (non-hydrogen) atoms. The normalized spacial score (nSPS) is 18.6. The predicted molar refractivity (Wildman–Crippen MR) is 86.9 cm³/mol. The van der Waals surface area contributed by atoms with E-state index in [4.69, 9.17) is 0 Å². The number of carbonyl (C=O) groups excluding carboxylic acids is 3. The van der Waals surface area contributed by atoms with Crippen LogP contribution in [0.2, 0.25) is 0 Å². The minimum atomic E-state index is -4.56. The fourth-order valence-electron chi connectivity index (χ4n) is 2.66. The highest BCUT2D eigenvalue weighted by Crippen LogP contribution is 2.24. The molecule has 1 aliphatic rings. The van der Waals surface area contributed by atoms with Gasteiger partial charge in [0.15, 0.2) is 0 Å². The third-order valence-corrected chi connectivity index (χ3v) is 4.24. The molecule has 1 aliphatic heterocycles. The van der Waals surface area contributed by atoms with Crippen LogP contribution in [0.3, 0.4) is 0 Å². The van der Waals surface area contributed by atoms with Gasteiger partial charge in [0, 0.05) is 13.6 Å². The smallest absolute Gasteiger partial charge is 0.346 e. The van der Waals surface area contributed by atoms with Gasteiger partial charge in [0.25, 0.3) is 0 Å². The van der Waals surface area contributed by atoms with Gasteiger partial charge in [-0.05, 0) is 24.5 Å². The third-order valence-electron chi connectivity index (χ3n) is 4.24. The lowest BCUT2D eigenvalue weighted by Crippen LogP contribution is -2.46. The van der Waals surface area contributed by atoms with Crippen LogP contribution >= 0.6 is 0 Å². The summed E-state index contributed by atoms with van der Waals surface area (Å²) in [5, 5.41) is 4.17. The molecule has 9 heteroatoms. The number of nitrogens with one attached hydrogen (secondary N) is 2. The zero-order valence-corrected chi connectivity index (χ0v) is 14.4. The first kappa shape index (κ1) is 19.7. The number of fused-ring (bicyclic) bond motifs is 1. The van der Waals surface area contributed by atoms with Crippen LogP contribution in [0.5, 0.6) is 0 Å². The van der Waals surface area contributed by atoms with Crippen molar-refractivity contribution in [1.29, 1.82) is 0 Å². The van der Waals surface area contributed by atoms with E-state index in [9.17, 15) is 27.6 Å². The van der Waals surface area contributed by atoms with Gasteiger partial charge in [-0.25, -0.2) is 0 Å². The van der Waals surface area contributed by atoms with Crippen LogP contribution < -0.4 is 10.6 Å². The number of alkyl halides is 3. The lowest BCUT2D eigenvalue weighted by atomic mass is 9.98. The molecule has 0 saturated carbocycles. The fraction of sp³-hybridized carbons (Fsp3) is 0.471. The van der Waals surface area contributed by atoms with Gasteiger partial charge in [-0.3, -0.25) is 14.4 Å². The summed E-state index contributed by atoms with van der Waals surface area (Å²) < 4.78 is 36.6. The van der Waals surface area contributed by atoms with Crippen molar-refractivity contribution in [3.63, 3.8) is 0 Å². The van der Waals surface area contributed by atoms with E-state index in [0.29, 0.717) is 18.5 Å². The molecule has 2 N–H and O–H groups in total. The summed E-state index contributed by atoms with van der Waals surface area (Å²) in [6, 6.07) is 6.13. The number of likely N-dealkylation sites (N-methyl/N-ethyl adjacent to an activating group) is 1. The van der Waals surface area contributed by atoms with E-state index in [-0.39, 0.29) is 5.91 Å². The maximum Gasteiger partial charge on any atom is 0.405 e. The Bertz CT molecular complexity index is 706. The first-order chi connectivity index (χ1) is 12.1. The largest absolute Gasteiger partial charge is 0.405 e. The van der Waals surface area contributed by atoms with Gasteiger partial charge in [0.2, 0.25) is 17.7 Å². The van der Waals surface area contributed by atoms with Gasteiger partial charge < -0.3 is 15.5 Å². The van der Waals surface area contributed by atoms with E-state index < -0.39 is 36.5 Å². The van der Waals surface area contributed by atoms with E-state index in [1.54, 1.807) is 24.5 Å². The molecule has 0 bridgehead atoms. The summed E-state index contributed by atoms with van der Waals surface area (Å²) in [5.41, 5.74) is 1.52. The van der Waals surface area contributed by atoms with Gasteiger partial charge in [0.05, 0.1) is 0 Å². The summed E-state index contributed by atoms with van der Waals surface area (Å²) in [6.45, 7) is 0.152. The molecule has 0 spiro atoms. The van der Waals surface area contributed by atoms with Gasteiger partial charge in [0.1, 0.15) is 18.5 Å². The predicted octanol–water partition coefficient (Wildman–Crippen LogP) is 1.17. The molecule has 1 aromatic carbocycles. The summed E-state index contributed by atoms with van der Waals surface area (Å²) in [7, 11) is 1.60. The maximum atomic E-state index is 12.6. The van der Waals surface area contributed by atoms with E-state index >= 15 is 0 Å². The number of halogens is 3. The second-order valence-corrected chi connectivity index (χ2v) is 6.20. The highest BCUT2D eigenvalue weighted by molar-refractivity contribution is 6.01. The van der Waals surface area contributed by atoms with E-state index in [1.165, 1.54) is 11.8 Å². The Morgan fingerprint density at radius 1 is 1.27 bits per heavy atom. The molecular weight excluding hydrogens is 351 g/mol. The molecule has 3 amide bonds. The zero-order valence-electron chi connectivity index (χ0n) is 14.4. The molecular formula is C17H20F3N3O3. The highest BCUT2D eigenvalue weighted by atomic mass is 19.4. The number of carbonyl (C=O) groups is 3. The lowest BCUT2D eigenvalue weighted by molar-refractivity contribution is -0.145. The van der Waals surface area contributed by atoms with Crippen molar-refractivity contribution in [2.45, 2.75) is 25.6 Å². The Morgan fingerprint density at radius 2 is 1.92 bits per heavy atom. The average Bonchev–Trinajstić information content (AvgIpc) is 2.70. The van der Waals surface area contributed by atoms with Crippen molar-refractivity contribution >= 4 is 17.7 Å². The van der Waals surface area contributed by atoms with E-state index in [1.807, 2.05) is 12.1 Å². The van der Waals surface area contributed by atoms with Gasteiger partial charge in [-0.1, -0.05) is 24.3 Å². The van der Waals surface area contributed by atoms with Crippen molar-refractivity contribution < 1.29 is 27.6 Å². The van der Waals surface area contributed by atoms with Crippen LogP contribution in [0.25, 0.3) is 0 Å². The van der Waals surface area contributed by atoms with E-state index in [0.717, 1.165) is 5.56 Å². The summed E-state index contributed by atoms with van der Waals surface area (Å²) in [4.78, 5) is 38.1. The average molecular weight is 371 g/mol. The molecule has 0 unspecified atom stereocenters. The van der Waals surface area contributed by atoms with Crippen LogP contribution in [-0.2, 0) is 20.8 Å². The Morgan fingerprint density at radius 3 is 2.58 bits per heavy atom. The number of hydrogen-bond acceptors (Lipinski definition) is 3. The highest BCUT2D eigenvalue weighted by Gasteiger charge is 2.34. The Labute approximate surface area is 148 Å². The summed E-state index contributed by atoms with van der Waals surface area (Å²) in [6.07, 6.45) is -3.95. The molecule has 0 fully saturated rings. The minimum absolute atomic E-state index is 0.341. The number of benzene rings is 1. The van der Waals surface area contributed by atoms with Crippen molar-refractivity contribution in [3.05, 3.63) is 35.4 Å². The van der Waals surface area contributed by atoms with E-state index in [2.05, 4.69) is 5.32 Å². The van der Waals surface area contributed by atoms with Crippen molar-refractivity contribution in [1.82, 2.24) is 15.5 Å². The van der Waals surface area contributed by atoms with Gasteiger partial charge in [-0.15, -0.1) is 0 Å². The molecule has 2 atom stereocenters. The summed E-state index contributed by atoms with van der Waals surface area (Å²) >= 11 is 0. The number of nitrogens with zero attached hydrogens (tertiary/aromatic N) is 1. The SMILES string of the molecule is C[C@H](C(=O)NCC(F)(F)F)C(=O)N[C@H]1C(=O)N(C)CCc2ccccc21. The Hall–Kier alpha value is -2.58. The van der Waals surface area contributed by atoms with Crippen molar-refractivity contribution in [3.8, 4) is 0 Å². The molecule has 6 nitrogen and oxygen atoms in total. The van der Waals surface area contributed by atoms with Crippen LogP contribution in [-0.4, -0.2) is 48.9 Å². The zero-order chi connectivity index (χ0) is 19.5. The second-order valence-electron chi connectivity index (χ2n) is 6.20. The maximum absolute atomic E-state index is 12.6. The molecule has 142 valence electrons. The van der Waals surface area contributed by atoms with Crippen LogP contribution in [0.15, 0.2) is 24.3 Å². The monoisotopic (exact) mass is 371 g/mol. The minimum Gasteiger partial charge on any atom is -0.346 e. The molecule has 0 radical (unpaired) electrons. The first-order valence-electron chi connectivity index (χ1n) is 8.08. The molecule has 0 aliphatic carbocycles. The standard InChI is InChI=1S/C17H20F3N3O3/c1-10(14(24)21-9-17(18,19)20)15(25)22-13-12-6-4-3-5-11(12)7-8-23(2)16(13)26/h3-6,10,13H,7-9H2,1-2H3,(H,21,24)(H,22,25)/t10-,13-/m1/s1. The fourth-order valence-corrected chi connectivity index (χ4v) is 2.66. The Kier molecular flexibility index (Phi) is 5.89. The molecule has 0 aromatic heterocycles. The third kappa shape index (κ3) is 4.74. The number of amides is 3.